The number of rotatable bonds is 8. The molecule has 6 nitrogen and oxygen atoms in total. The number of hydrogen-bond donors (Lipinski definition) is 5. The maximum atomic E-state index is 10.1. The second-order valence-electron chi connectivity index (χ2n) is 7.03. The lowest BCUT2D eigenvalue weighted by Crippen LogP contribution is -2.48. The topological polar surface area (TPSA) is 116 Å². The molecule has 1 aliphatic carbocycles. The van der Waals surface area contributed by atoms with Crippen LogP contribution < -0.4 is 11.1 Å². The number of hydrogen-bond acceptors (Lipinski definition) is 5. The molecular formula is C17H36N2O4. The number of nitrogens with one attached hydrogen (secondary N) is 1. The van der Waals surface area contributed by atoms with E-state index in [2.05, 4.69) is 19.2 Å². The summed E-state index contributed by atoms with van der Waals surface area (Å²) in [5.74, 6) is 0.342. The van der Waals surface area contributed by atoms with Gasteiger partial charge in [0.25, 0.3) is 5.97 Å². The van der Waals surface area contributed by atoms with Crippen molar-refractivity contribution < 1.29 is 20.1 Å². The number of aliphatic hydroxyl groups excluding tert-OH is 2. The molecule has 1 aliphatic rings. The van der Waals surface area contributed by atoms with Crippen LogP contribution in [0.1, 0.15) is 59.3 Å². The van der Waals surface area contributed by atoms with E-state index in [0.29, 0.717) is 18.4 Å². The summed E-state index contributed by atoms with van der Waals surface area (Å²) in [5, 5.41) is 30.6. The van der Waals surface area contributed by atoms with Crippen LogP contribution in [0.2, 0.25) is 0 Å². The van der Waals surface area contributed by atoms with Crippen molar-refractivity contribution in [2.45, 2.75) is 77.5 Å². The second kappa shape index (κ2) is 12.7. The minimum atomic E-state index is -0.833. The molecule has 3 unspecified atom stereocenters. The summed E-state index contributed by atoms with van der Waals surface area (Å²) in [5.41, 5.74) is 6.04. The molecule has 0 bridgehead atoms. The average Bonchev–Trinajstić information content (AvgIpc) is 2.46. The highest BCUT2D eigenvalue weighted by molar-refractivity contribution is 5.62. The highest BCUT2D eigenvalue weighted by Crippen LogP contribution is 2.27. The smallest absolute Gasteiger partial charge is 0.300 e. The van der Waals surface area contributed by atoms with E-state index in [1.807, 2.05) is 0 Å². The molecule has 6 heteroatoms. The zero-order valence-electron chi connectivity index (χ0n) is 14.9. The molecule has 0 radical (unpaired) electrons. The monoisotopic (exact) mass is 332 g/mol. The van der Waals surface area contributed by atoms with Gasteiger partial charge < -0.3 is 26.4 Å². The number of nitrogens with two attached hydrogens (primary N) is 1. The Labute approximate surface area is 140 Å². The maximum Gasteiger partial charge on any atom is 0.300 e. The Kier molecular flexibility index (Phi) is 12.3. The molecule has 1 rings (SSSR count). The molecule has 23 heavy (non-hydrogen) atoms. The Morgan fingerprint density at radius 2 is 1.70 bits per heavy atom. The van der Waals surface area contributed by atoms with Crippen molar-refractivity contribution in [1.82, 2.24) is 5.32 Å². The summed E-state index contributed by atoms with van der Waals surface area (Å²) in [6, 6.07) is -0.307. The summed E-state index contributed by atoms with van der Waals surface area (Å²) < 4.78 is 0. The van der Waals surface area contributed by atoms with Crippen LogP contribution in [0.3, 0.4) is 0 Å². The van der Waals surface area contributed by atoms with Crippen molar-refractivity contribution in [2.75, 3.05) is 13.1 Å². The summed E-state index contributed by atoms with van der Waals surface area (Å²) in [7, 11) is 0. The minimum absolute atomic E-state index is 0.307. The fraction of sp³-hybridized carbons (Fsp3) is 0.941. The molecule has 6 N–H and O–H groups in total. The van der Waals surface area contributed by atoms with Crippen LogP contribution in [0.25, 0.3) is 0 Å². The summed E-state index contributed by atoms with van der Waals surface area (Å²) >= 11 is 0. The lowest BCUT2D eigenvalue weighted by Gasteiger charge is -2.29. The number of aliphatic carboxylic acids is 1. The van der Waals surface area contributed by atoms with Crippen molar-refractivity contribution in [1.29, 1.82) is 0 Å². The second-order valence-corrected chi connectivity index (χ2v) is 7.03. The lowest BCUT2D eigenvalue weighted by molar-refractivity contribution is -0.134. The van der Waals surface area contributed by atoms with Crippen LogP contribution in [0.4, 0.5) is 0 Å². The van der Waals surface area contributed by atoms with E-state index >= 15 is 0 Å². The van der Waals surface area contributed by atoms with Gasteiger partial charge in [-0.2, -0.15) is 0 Å². The Balaban J connectivity index is 0.00000108. The number of carbonyl (C=O) groups is 1. The van der Waals surface area contributed by atoms with E-state index in [1.54, 1.807) is 0 Å². The highest BCUT2D eigenvalue weighted by Gasteiger charge is 2.26. The number of carboxylic acid groups (broad SMARTS) is 1. The molecule has 1 fully saturated rings. The molecule has 0 aromatic carbocycles. The summed E-state index contributed by atoms with van der Waals surface area (Å²) in [6.45, 7) is 6.58. The minimum Gasteiger partial charge on any atom is -0.481 e. The first kappa shape index (κ1) is 22.3. The zero-order valence-corrected chi connectivity index (χ0v) is 14.9. The van der Waals surface area contributed by atoms with Gasteiger partial charge in [-0.25, -0.2) is 0 Å². The van der Waals surface area contributed by atoms with Gasteiger partial charge in [0.2, 0.25) is 0 Å². The van der Waals surface area contributed by atoms with Gasteiger partial charge in [0.1, 0.15) is 0 Å². The van der Waals surface area contributed by atoms with E-state index < -0.39 is 18.2 Å². The molecule has 0 spiro atoms. The molecule has 0 heterocycles. The normalized spacial score (nSPS) is 19.6. The summed E-state index contributed by atoms with van der Waals surface area (Å²) in [6.07, 6.45) is 5.60. The molecule has 0 aromatic rings. The van der Waals surface area contributed by atoms with E-state index in [-0.39, 0.29) is 6.04 Å². The van der Waals surface area contributed by atoms with Gasteiger partial charge in [0, 0.05) is 19.5 Å². The number of carboxylic acids is 1. The molecule has 0 amide bonds. The Morgan fingerprint density at radius 3 is 2.17 bits per heavy atom. The van der Waals surface area contributed by atoms with Crippen LogP contribution in [0.5, 0.6) is 0 Å². The van der Waals surface area contributed by atoms with Gasteiger partial charge in [0.15, 0.2) is 0 Å². The molecular weight excluding hydrogens is 296 g/mol. The predicted molar refractivity (Wildman–Crippen MR) is 92.2 cm³/mol. The Bertz CT molecular complexity index is 303. The van der Waals surface area contributed by atoms with Crippen molar-refractivity contribution in [3.63, 3.8) is 0 Å². The lowest BCUT2D eigenvalue weighted by atomic mass is 9.83. The van der Waals surface area contributed by atoms with Gasteiger partial charge >= 0.3 is 0 Å². The average molecular weight is 332 g/mol. The van der Waals surface area contributed by atoms with Gasteiger partial charge in [0.05, 0.1) is 12.2 Å². The van der Waals surface area contributed by atoms with Gasteiger partial charge in [-0.1, -0.05) is 46.0 Å². The third-order valence-electron chi connectivity index (χ3n) is 4.07. The zero-order chi connectivity index (χ0) is 17.8. The summed E-state index contributed by atoms with van der Waals surface area (Å²) in [4.78, 5) is 9.00. The predicted octanol–water partition coefficient (Wildman–Crippen LogP) is 1.34. The van der Waals surface area contributed by atoms with Crippen LogP contribution in [-0.4, -0.2) is 52.6 Å². The van der Waals surface area contributed by atoms with E-state index in [9.17, 15) is 10.2 Å². The quantitative estimate of drug-likeness (QED) is 0.458. The molecule has 0 aromatic heterocycles. The van der Waals surface area contributed by atoms with Gasteiger partial charge in [-0.15, -0.1) is 0 Å². The van der Waals surface area contributed by atoms with Crippen molar-refractivity contribution in [3.05, 3.63) is 0 Å². The first-order chi connectivity index (χ1) is 10.7. The van der Waals surface area contributed by atoms with E-state index in [0.717, 1.165) is 19.9 Å². The van der Waals surface area contributed by atoms with Crippen LogP contribution in [-0.2, 0) is 4.79 Å². The maximum absolute atomic E-state index is 10.1. The van der Waals surface area contributed by atoms with E-state index in [4.69, 9.17) is 15.6 Å². The van der Waals surface area contributed by atoms with Crippen LogP contribution >= 0.6 is 0 Å². The largest absolute Gasteiger partial charge is 0.481 e. The van der Waals surface area contributed by atoms with Crippen molar-refractivity contribution in [3.8, 4) is 0 Å². The fourth-order valence-corrected chi connectivity index (χ4v) is 2.87. The van der Waals surface area contributed by atoms with Gasteiger partial charge in [-0.05, 0) is 24.8 Å². The van der Waals surface area contributed by atoms with E-state index in [1.165, 1.54) is 32.1 Å². The molecule has 3 atom stereocenters. The highest BCUT2D eigenvalue weighted by atomic mass is 16.4. The van der Waals surface area contributed by atoms with Crippen LogP contribution in [0, 0.1) is 11.8 Å². The standard InChI is InChI=1S/C15H32N2O2.C2H4O2/c1-11(2)9-17-10-14(18)15(19)13(16)8-12-6-4-3-5-7-12;1-2(3)4/h11-15,17-19H,3-10,16H2,1-2H3;1H3,(H,3,4). The van der Waals surface area contributed by atoms with Crippen LogP contribution in [0.15, 0.2) is 0 Å². The van der Waals surface area contributed by atoms with Crippen molar-refractivity contribution in [2.24, 2.45) is 17.6 Å². The SMILES string of the molecule is CC(=O)O.CC(C)CNCC(O)C(O)C(N)CC1CCCCC1. The first-order valence-electron chi connectivity index (χ1n) is 8.76. The molecule has 1 saturated carbocycles. The molecule has 138 valence electrons. The first-order valence-corrected chi connectivity index (χ1v) is 8.76. The fourth-order valence-electron chi connectivity index (χ4n) is 2.87. The Morgan fingerprint density at radius 1 is 1.17 bits per heavy atom. The van der Waals surface area contributed by atoms with Gasteiger partial charge in [-0.3, -0.25) is 4.79 Å². The van der Waals surface area contributed by atoms with Crippen molar-refractivity contribution >= 4 is 5.97 Å². The molecule has 0 aliphatic heterocycles. The Hall–Kier alpha value is -0.690. The third kappa shape index (κ3) is 12.4. The number of aliphatic hydroxyl groups is 2. The molecule has 0 saturated heterocycles. The third-order valence-corrected chi connectivity index (χ3v) is 4.07.